The van der Waals surface area contributed by atoms with Gasteiger partial charge in [-0.25, -0.2) is 4.39 Å². The van der Waals surface area contributed by atoms with E-state index in [1.807, 2.05) is 12.1 Å². The van der Waals surface area contributed by atoms with Gasteiger partial charge in [-0.3, -0.25) is 9.78 Å². The van der Waals surface area contributed by atoms with Gasteiger partial charge in [0.25, 0.3) is 5.91 Å². The van der Waals surface area contributed by atoms with Crippen LogP contribution < -0.4 is 10.1 Å². The predicted molar refractivity (Wildman–Crippen MR) is 84.8 cm³/mol. The van der Waals surface area contributed by atoms with E-state index in [0.717, 1.165) is 5.56 Å². The smallest absolute Gasteiger partial charge is 0.287 e. The first-order chi connectivity index (χ1) is 11.7. The molecule has 0 unspecified atom stereocenters. The molecule has 0 aliphatic rings. The Balaban J connectivity index is 1.52. The quantitative estimate of drug-likeness (QED) is 0.755. The minimum atomic E-state index is -0.325. The molecule has 0 saturated carbocycles. The number of ether oxygens (including phenoxy) is 1. The standard InChI is InChI=1S/C18H15FN2O3/c19-14-1-3-15(4-2-14)23-12-16-5-6-17(24-16)18(22)21-11-13-7-9-20-10-8-13/h1-10H,11-12H2,(H,21,22). The van der Waals surface area contributed by atoms with Crippen LogP contribution in [0.1, 0.15) is 21.9 Å². The second-order valence-corrected chi connectivity index (χ2v) is 5.05. The molecule has 6 heteroatoms. The van der Waals surface area contributed by atoms with Gasteiger partial charge in [0.05, 0.1) is 0 Å². The summed E-state index contributed by atoms with van der Waals surface area (Å²) in [5.41, 5.74) is 0.949. The van der Waals surface area contributed by atoms with E-state index in [9.17, 15) is 9.18 Å². The number of aromatic nitrogens is 1. The summed E-state index contributed by atoms with van der Waals surface area (Å²) in [5, 5.41) is 2.77. The van der Waals surface area contributed by atoms with Crippen LogP contribution in [0.15, 0.2) is 65.3 Å². The number of nitrogens with zero attached hydrogens (tertiary/aromatic N) is 1. The molecule has 0 fully saturated rings. The third-order valence-corrected chi connectivity index (χ3v) is 3.28. The van der Waals surface area contributed by atoms with Crippen molar-refractivity contribution >= 4 is 5.91 Å². The molecule has 3 rings (SSSR count). The number of nitrogens with one attached hydrogen (secondary N) is 1. The zero-order chi connectivity index (χ0) is 16.8. The highest BCUT2D eigenvalue weighted by molar-refractivity contribution is 5.91. The van der Waals surface area contributed by atoms with Gasteiger partial charge in [0.15, 0.2) is 5.76 Å². The van der Waals surface area contributed by atoms with Gasteiger partial charge in [0, 0.05) is 18.9 Å². The Bertz CT molecular complexity index is 801. The van der Waals surface area contributed by atoms with Crippen LogP contribution in [0.2, 0.25) is 0 Å². The summed E-state index contributed by atoms with van der Waals surface area (Å²) >= 11 is 0. The summed E-state index contributed by atoms with van der Waals surface area (Å²) in [5.74, 6) is 0.611. The van der Waals surface area contributed by atoms with Crippen LogP contribution in [0.5, 0.6) is 5.75 Å². The number of amides is 1. The molecule has 5 nitrogen and oxygen atoms in total. The lowest BCUT2D eigenvalue weighted by atomic mass is 10.2. The number of furan rings is 1. The minimum Gasteiger partial charge on any atom is -0.486 e. The average molecular weight is 326 g/mol. The molecule has 1 N–H and O–H groups in total. The highest BCUT2D eigenvalue weighted by Gasteiger charge is 2.11. The fourth-order valence-corrected chi connectivity index (χ4v) is 2.03. The molecule has 2 aromatic heterocycles. The van der Waals surface area contributed by atoms with E-state index in [2.05, 4.69) is 10.3 Å². The van der Waals surface area contributed by atoms with Gasteiger partial charge < -0.3 is 14.5 Å². The van der Waals surface area contributed by atoms with Crippen LogP contribution in [0.25, 0.3) is 0 Å². The minimum absolute atomic E-state index is 0.156. The maximum Gasteiger partial charge on any atom is 0.287 e. The van der Waals surface area contributed by atoms with Crippen molar-refractivity contribution in [2.24, 2.45) is 0 Å². The summed E-state index contributed by atoms with van der Waals surface area (Å²) in [6.07, 6.45) is 3.33. The fraction of sp³-hybridized carbons (Fsp3) is 0.111. The normalized spacial score (nSPS) is 10.4. The first-order valence-corrected chi connectivity index (χ1v) is 7.35. The molecule has 0 saturated heterocycles. The zero-order valence-electron chi connectivity index (χ0n) is 12.7. The molecule has 2 heterocycles. The van der Waals surface area contributed by atoms with E-state index in [4.69, 9.17) is 9.15 Å². The first kappa shape index (κ1) is 15.7. The van der Waals surface area contributed by atoms with Crippen molar-refractivity contribution in [2.75, 3.05) is 0 Å². The molecule has 0 aliphatic carbocycles. The maximum atomic E-state index is 12.8. The van der Waals surface area contributed by atoms with Gasteiger partial charge in [0.1, 0.15) is 23.9 Å². The number of carbonyl (C=O) groups excluding carboxylic acids is 1. The maximum absolute atomic E-state index is 12.8. The van der Waals surface area contributed by atoms with Crippen LogP contribution in [0, 0.1) is 5.82 Å². The predicted octanol–water partition coefficient (Wildman–Crippen LogP) is 3.32. The van der Waals surface area contributed by atoms with Gasteiger partial charge in [-0.15, -0.1) is 0 Å². The number of benzene rings is 1. The summed E-state index contributed by atoms with van der Waals surface area (Å²) in [6, 6.07) is 12.6. The molecule has 24 heavy (non-hydrogen) atoms. The lowest BCUT2D eigenvalue weighted by Crippen LogP contribution is -2.22. The summed E-state index contributed by atoms with van der Waals surface area (Å²) in [4.78, 5) is 16.0. The average Bonchev–Trinajstić information content (AvgIpc) is 3.09. The summed E-state index contributed by atoms with van der Waals surface area (Å²) in [6.45, 7) is 0.548. The number of rotatable bonds is 6. The molecular formula is C18H15FN2O3. The lowest BCUT2D eigenvalue weighted by Gasteiger charge is -2.04. The number of hydrogen-bond acceptors (Lipinski definition) is 4. The Morgan fingerprint density at radius 2 is 1.83 bits per heavy atom. The second-order valence-electron chi connectivity index (χ2n) is 5.05. The zero-order valence-corrected chi connectivity index (χ0v) is 12.7. The van der Waals surface area contributed by atoms with Gasteiger partial charge in [-0.05, 0) is 54.1 Å². The molecular weight excluding hydrogens is 311 g/mol. The van der Waals surface area contributed by atoms with E-state index in [1.54, 1.807) is 24.5 Å². The van der Waals surface area contributed by atoms with Crippen LogP contribution in [-0.4, -0.2) is 10.9 Å². The second kappa shape index (κ2) is 7.41. The SMILES string of the molecule is O=C(NCc1ccncc1)c1ccc(COc2ccc(F)cc2)o1. The third-order valence-electron chi connectivity index (χ3n) is 3.28. The van der Waals surface area contributed by atoms with Crippen molar-refractivity contribution in [1.82, 2.24) is 10.3 Å². The molecule has 1 amide bonds. The molecule has 0 atom stereocenters. The molecule has 3 aromatic rings. The highest BCUT2D eigenvalue weighted by Crippen LogP contribution is 2.15. The first-order valence-electron chi connectivity index (χ1n) is 7.35. The van der Waals surface area contributed by atoms with Gasteiger partial charge in [0.2, 0.25) is 0 Å². The molecule has 0 bridgehead atoms. The van der Waals surface area contributed by atoms with Crippen LogP contribution in [-0.2, 0) is 13.2 Å². The molecule has 0 spiro atoms. The third kappa shape index (κ3) is 4.19. The highest BCUT2D eigenvalue weighted by atomic mass is 19.1. The van der Waals surface area contributed by atoms with Crippen molar-refractivity contribution in [3.05, 3.63) is 83.8 Å². The topological polar surface area (TPSA) is 64.4 Å². The van der Waals surface area contributed by atoms with E-state index in [1.165, 1.54) is 24.3 Å². The van der Waals surface area contributed by atoms with Crippen LogP contribution in [0.4, 0.5) is 4.39 Å². The molecule has 1 aromatic carbocycles. The Hall–Kier alpha value is -3.15. The van der Waals surface area contributed by atoms with E-state index in [-0.39, 0.29) is 24.1 Å². The Labute approximate surface area is 138 Å². The summed E-state index contributed by atoms with van der Waals surface area (Å²) in [7, 11) is 0. The molecule has 0 aliphatic heterocycles. The van der Waals surface area contributed by atoms with E-state index >= 15 is 0 Å². The Kier molecular flexibility index (Phi) is 4.86. The number of halogens is 1. The van der Waals surface area contributed by atoms with E-state index < -0.39 is 0 Å². The Morgan fingerprint density at radius 1 is 1.08 bits per heavy atom. The molecule has 0 radical (unpaired) electrons. The number of carbonyl (C=O) groups is 1. The largest absolute Gasteiger partial charge is 0.486 e. The van der Waals surface area contributed by atoms with Crippen molar-refractivity contribution < 1.29 is 18.3 Å². The lowest BCUT2D eigenvalue weighted by molar-refractivity contribution is 0.0919. The van der Waals surface area contributed by atoms with Crippen LogP contribution in [0.3, 0.4) is 0 Å². The van der Waals surface area contributed by atoms with Crippen LogP contribution >= 0.6 is 0 Å². The number of hydrogen-bond donors (Lipinski definition) is 1. The van der Waals surface area contributed by atoms with Crippen molar-refractivity contribution in [1.29, 1.82) is 0 Å². The van der Waals surface area contributed by atoms with Gasteiger partial charge in [-0.2, -0.15) is 0 Å². The van der Waals surface area contributed by atoms with Crippen molar-refractivity contribution in [3.8, 4) is 5.75 Å². The van der Waals surface area contributed by atoms with E-state index in [0.29, 0.717) is 18.1 Å². The van der Waals surface area contributed by atoms with Crippen molar-refractivity contribution in [2.45, 2.75) is 13.2 Å². The fourth-order valence-electron chi connectivity index (χ4n) is 2.03. The van der Waals surface area contributed by atoms with Crippen molar-refractivity contribution in [3.63, 3.8) is 0 Å². The molecule has 122 valence electrons. The Morgan fingerprint density at radius 3 is 2.58 bits per heavy atom. The van der Waals surface area contributed by atoms with Gasteiger partial charge >= 0.3 is 0 Å². The monoisotopic (exact) mass is 326 g/mol. The number of pyridine rings is 1. The van der Waals surface area contributed by atoms with Gasteiger partial charge in [-0.1, -0.05) is 0 Å². The summed E-state index contributed by atoms with van der Waals surface area (Å²) < 4.78 is 23.7.